The van der Waals surface area contributed by atoms with E-state index in [4.69, 9.17) is 15.2 Å². The zero-order valence-corrected chi connectivity index (χ0v) is 30.9. The Kier molecular flexibility index (Phi) is 24.3. The SMILES string of the molecule is C=CCC(=O)OC(C)(C)C.CCN(CCCN)Cc1ccccc1.CCN(CCCNCCC(=O)OC(C)(C)C)Cc1ccccc1. The van der Waals surface area contributed by atoms with Crippen LogP contribution in [0.2, 0.25) is 0 Å². The highest BCUT2D eigenvalue weighted by Gasteiger charge is 2.16. The lowest BCUT2D eigenvalue weighted by atomic mass is 10.2. The predicted octanol–water partition coefficient (Wildman–Crippen LogP) is 6.98. The smallest absolute Gasteiger partial charge is 0.310 e. The fourth-order valence-corrected chi connectivity index (χ4v) is 4.33. The molecule has 0 spiro atoms. The van der Waals surface area contributed by atoms with Crippen LogP contribution < -0.4 is 11.1 Å². The molecule has 0 heterocycles. The molecule has 2 aromatic carbocycles. The number of ether oxygens (including phenoxy) is 2. The van der Waals surface area contributed by atoms with Crippen molar-refractivity contribution in [3.8, 4) is 0 Å². The monoisotopic (exact) mass is 655 g/mol. The number of carbonyl (C=O) groups is 2. The van der Waals surface area contributed by atoms with Crippen LogP contribution in [0, 0.1) is 0 Å². The second-order valence-corrected chi connectivity index (χ2v) is 13.4. The average Bonchev–Trinajstić information content (AvgIpc) is 3.00. The summed E-state index contributed by atoms with van der Waals surface area (Å²) in [5.41, 5.74) is 7.47. The molecule has 0 bridgehead atoms. The van der Waals surface area contributed by atoms with Crippen LogP contribution in [-0.2, 0) is 32.2 Å². The molecule has 0 aliphatic carbocycles. The minimum Gasteiger partial charge on any atom is -0.460 e. The molecule has 0 fully saturated rings. The van der Waals surface area contributed by atoms with Crippen LogP contribution >= 0.6 is 0 Å². The number of nitrogens with zero attached hydrogens (tertiary/aromatic N) is 2. The van der Waals surface area contributed by atoms with Gasteiger partial charge < -0.3 is 20.5 Å². The van der Waals surface area contributed by atoms with Gasteiger partial charge in [-0.2, -0.15) is 0 Å². The van der Waals surface area contributed by atoms with Crippen molar-refractivity contribution in [3.63, 3.8) is 0 Å². The van der Waals surface area contributed by atoms with Gasteiger partial charge in [-0.05, 0) is 105 Å². The van der Waals surface area contributed by atoms with Crippen molar-refractivity contribution in [2.24, 2.45) is 5.73 Å². The maximum Gasteiger partial charge on any atom is 0.310 e. The van der Waals surface area contributed by atoms with Crippen molar-refractivity contribution >= 4 is 11.9 Å². The van der Waals surface area contributed by atoms with E-state index in [2.05, 4.69) is 90.1 Å². The van der Waals surface area contributed by atoms with Crippen LogP contribution in [0.4, 0.5) is 0 Å². The van der Waals surface area contributed by atoms with Gasteiger partial charge in [0.1, 0.15) is 11.2 Å². The molecule has 0 saturated carbocycles. The highest BCUT2D eigenvalue weighted by molar-refractivity contribution is 5.71. The van der Waals surface area contributed by atoms with Crippen LogP contribution in [0.15, 0.2) is 73.3 Å². The molecule has 266 valence electrons. The molecule has 3 N–H and O–H groups in total. The summed E-state index contributed by atoms with van der Waals surface area (Å²) in [4.78, 5) is 27.2. The zero-order chi connectivity index (χ0) is 35.6. The highest BCUT2D eigenvalue weighted by atomic mass is 16.6. The summed E-state index contributed by atoms with van der Waals surface area (Å²) >= 11 is 0. The van der Waals surface area contributed by atoms with Crippen molar-refractivity contribution in [2.45, 2.75) is 105 Å². The highest BCUT2D eigenvalue weighted by Crippen LogP contribution is 2.09. The van der Waals surface area contributed by atoms with Gasteiger partial charge in [0.25, 0.3) is 0 Å². The van der Waals surface area contributed by atoms with E-state index in [1.165, 1.54) is 17.2 Å². The molecule has 8 nitrogen and oxygen atoms in total. The van der Waals surface area contributed by atoms with Gasteiger partial charge in [0.15, 0.2) is 0 Å². The van der Waals surface area contributed by atoms with E-state index in [9.17, 15) is 9.59 Å². The second-order valence-electron chi connectivity index (χ2n) is 13.4. The van der Waals surface area contributed by atoms with Crippen LogP contribution in [0.5, 0.6) is 0 Å². The summed E-state index contributed by atoms with van der Waals surface area (Å²) in [6.07, 6.45) is 4.42. The molecule has 0 unspecified atom stereocenters. The quantitative estimate of drug-likeness (QED) is 0.101. The molecule has 0 saturated heterocycles. The Morgan fingerprint density at radius 2 is 1.19 bits per heavy atom. The van der Waals surface area contributed by atoms with Gasteiger partial charge in [-0.15, -0.1) is 6.58 Å². The molecular formula is C39H66N4O4. The third-order valence-electron chi connectivity index (χ3n) is 6.56. The fraction of sp³-hybridized carbons (Fsp3) is 0.590. The Hall–Kier alpha value is -3.04. The first-order chi connectivity index (χ1) is 22.2. The van der Waals surface area contributed by atoms with Crippen molar-refractivity contribution in [2.75, 3.05) is 45.8 Å². The van der Waals surface area contributed by atoms with Crippen LogP contribution in [0.25, 0.3) is 0 Å². The Labute approximate surface area is 287 Å². The lowest BCUT2D eigenvalue weighted by molar-refractivity contribution is -0.155. The van der Waals surface area contributed by atoms with Gasteiger partial charge in [0, 0.05) is 19.6 Å². The van der Waals surface area contributed by atoms with E-state index in [1.807, 2.05) is 47.6 Å². The first kappa shape index (κ1) is 44.0. The van der Waals surface area contributed by atoms with Gasteiger partial charge in [-0.1, -0.05) is 80.6 Å². The minimum absolute atomic E-state index is 0.135. The van der Waals surface area contributed by atoms with Crippen molar-refractivity contribution in [1.29, 1.82) is 0 Å². The molecule has 0 atom stereocenters. The maximum atomic E-state index is 11.6. The van der Waals surface area contributed by atoms with E-state index >= 15 is 0 Å². The normalized spacial score (nSPS) is 11.2. The molecule has 47 heavy (non-hydrogen) atoms. The first-order valence-electron chi connectivity index (χ1n) is 17.2. The standard InChI is InChI=1S/C19H32N2O2.C12H20N2.C8H14O2/c1-5-21(16-17-10-7-6-8-11-17)15-9-13-20-14-12-18(22)23-19(2,3)4;1-2-14(10-6-9-13)11-12-7-4-3-5-8-12;1-5-6-7(9)10-8(2,3)4/h6-8,10-11,20H,5,9,12-16H2,1-4H3;3-5,7-8H,2,6,9-11,13H2,1H3;5H,1,6H2,2-4H3. The van der Waals surface area contributed by atoms with E-state index in [-0.39, 0.29) is 24.0 Å². The Morgan fingerprint density at radius 1 is 0.745 bits per heavy atom. The number of nitrogens with two attached hydrogens (primary N) is 1. The topological polar surface area (TPSA) is 97.1 Å². The predicted molar refractivity (Wildman–Crippen MR) is 197 cm³/mol. The minimum atomic E-state index is -0.393. The van der Waals surface area contributed by atoms with Gasteiger partial charge >= 0.3 is 11.9 Å². The fourth-order valence-electron chi connectivity index (χ4n) is 4.33. The van der Waals surface area contributed by atoms with Gasteiger partial charge in [0.05, 0.1) is 12.8 Å². The summed E-state index contributed by atoms with van der Waals surface area (Å²) in [5, 5.41) is 3.32. The van der Waals surface area contributed by atoms with E-state index < -0.39 is 5.60 Å². The first-order valence-corrected chi connectivity index (χ1v) is 17.2. The van der Waals surface area contributed by atoms with E-state index in [1.54, 1.807) is 0 Å². The third kappa shape index (κ3) is 27.8. The molecule has 0 aromatic heterocycles. The van der Waals surface area contributed by atoms with Gasteiger partial charge in [-0.3, -0.25) is 19.4 Å². The Balaban J connectivity index is 0.000000748. The number of esters is 2. The zero-order valence-electron chi connectivity index (χ0n) is 30.9. The summed E-state index contributed by atoms with van der Waals surface area (Å²) in [6.45, 7) is 27.7. The molecule has 0 amide bonds. The van der Waals surface area contributed by atoms with E-state index in [0.717, 1.165) is 65.2 Å². The lowest BCUT2D eigenvalue weighted by Gasteiger charge is -2.21. The molecule has 0 aliphatic rings. The van der Waals surface area contributed by atoms with Crippen molar-refractivity contribution < 1.29 is 19.1 Å². The van der Waals surface area contributed by atoms with Crippen molar-refractivity contribution in [1.82, 2.24) is 15.1 Å². The van der Waals surface area contributed by atoms with Crippen molar-refractivity contribution in [3.05, 3.63) is 84.4 Å². The van der Waals surface area contributed by atoms with Gasteiger partial charge in [0.2, 0.25) is 0 Å². The molecule has 0 radical (unpaired) electrons. The number of rotatable bonds is 18. The third-order valence-corrected chi connectivity index (χ3v) is 6.56. The Bertz CT molecular complexity index is 1070. The average molecular weight is 655 g/mol. The van der Waals surface area contributed by atoms with Gasteiger partial charge in [-0.25, -0.2) is 0 Å². The maximum absolute atomic E-state index is 11.6. The largest absolute Gasteiger partial charge is 0.460 e. The number of nitrogens with one attached hydrogen (secondary N) is 1. The summed E-state index contributed by atoms with van der Waals surface area (Å²) in [7, 11) is 0. The van der Waals surface area contributed by atoms with Crippen LogP contribution in [-0.4, -0.2) is 78.8 Å². The number of carbonyl (C=O) groups excluding carboxylic acids is 2. The summed E-state index contributed by atoms with van der Waals surface area (Å²) < 4.78 is 10.2. The Morgan fingerprint density at radius 3 is 1.60 bits per heavy atom. The van der Waals surface area contributed by atoms with Crippen LogP contribution in [0.3, 0.4) is 0 Å². The molecule has 0 aliphatic heterocycles. The molecule has 8 heteroatoms. The number of hydrogen-bond acceptors (Lipinski definition) is 8. The lowest BCUT2D eigenvalue weighted by Crippen LogP contribution is -2.29. The number of benzene rings is 2. The van der Waals surface area contributed by atoms with Crippen LogP contribution in [0.1, 0.15) is 92.2 Å². The summed E-state index contributed by atoms with van der Waals surface area (Å²) in [6, 6.07) is 21.1. The second kappa shape index (κ2) is 26.0. The molecule has 2 aromatic rings. The number of hydrogen-bond donors (Lipinski definition) is 2. The van der Waals surface area contributed by atoms with E-state index in [0.29, 0.717) is 13.0 Å². The molecular weight excluding hydrogens is 588 g/mol. The molecule has 2 rings (SSSR count). The summed E-state index contributed by atoms with van der Waals surface area (Å²) in [5.74, 6) is -0.355.